The van der Waals surface area contributed by atoms with Gasteiger partial charge in [0, 0.05) is 37.9 Å². The van der Waals surface area contributed by atoms with Crippen molar-refractivity contribution in [3.05, 3.63) is 165 Å². The van der Waals surface area contributed by atoms with Gasteiger partial charge in [-0.3, -0.25) is 24.0 Å². The summed E-state index contributed by atoms with van der Waals surface area (Å²) in [5.74, 6) is -1.97. The van der Waals surface area contributed by atoms with Crippen LogP contribution in [0.2, 0.25) is 5.02 Å². The molecule has 3 amide bonds. The Bertz CT molecular complexity index is 2150. The minimum atomic E-state index is -0.617. The first kappa shape index (κ1) is 33.1. The zero-order valence-corrected chi connectivity index (χ0v) is 27.6. The second kappa shape index (κ2) is 14.6. The van der Waals surface area contributed by atoms with Crippen LogP contribution in [0, 0.1) is 0 Å². The van der Waals surface area contributed by atoms with Gasteiger partial charge in [0.1, 0.15) is 5.70 Å². The molecule has 1 aliphatic rings. The van der Waals surface area contributed by atoms with Gasteiger partial charge in [0.25, 0.3) is 11.8 Å². The van der Waals surface area contributed by atoms with Gasteiger partial charge in [-0.1, -0.05) is 84.4 Å². The number of rotatable bonds is 9. The summed E-state index contributed by atoms with van der Waals surface area (Å²) in [6, 6.07) is 33.8. The van der Waals surface area contributed by atoms with E-state index < -0.39 is 17.1 Å². The number of amides is 3. The molecule has 0 aliphatic heterocycles. The molecule has 6 rings (SSSR count). The van der Waals surface area contributed by atoms with E-state index in [-0.39, 0.29) is 40.0 Å². The standard InChI is InChI=1S/C39H28ClN3O5S/c1-23(37(46)42-32-16-8-15-31-34(32)36(45)30-14-6-5-13-29(30)35(31)44)49-28-12-7-11-27(22-28)41-39(48)33(21-24-17-19-26(40)20-18-24)43-38(47)25-9-3-2-4-10-25/h2-23H,1H3,(H,41,48)(H,42,46)(H,43,47)/b33-21+. The maximum absolute atomic E-state index is 13.5. The molecule has 49 heavy (non-hydrogen) atoms. The van der Waals surface area contributed by atoms with Crippen LogP contribution in [0.25, 0.3) is 6.08 Å². The highest BCUT2D eigenvalue weighted by Crippen LogP contribution is 2.33. The number of anilines is 2. The van der Waals surface area contributed by atoms with Crippen LogP contribution in [0.5, 0.6) is 0 Å². The van der Waals surface area contributed by atoms with E-state index in [1.165, 1.54) is 11.8 Å². The van der Waals surface area contributed by atoms with Crippen LogP contribution < -0.4 is 16.0 Å². The SMILES string of the molecule is CC(Sc1cccc(NC(=O)/C(=C\c2ccc(Cl)cc2)NC(=O)c2ccccc2)c1)C(=O)Nc1cccc2c1C(=O)c1ccccc1C2=O. The Hall–Kier alpha value is -5.77. The first-order valence-electron chi connectivity index (χ1n) is 15.2. The van der Waals surface area contributed by atoms with Crippen LogP contribution in [0.3, 0.4) is 0 Å². The van der Waals surface area contributed by atoms with Crippen molar-refractivity contribution in [2.75, 3.05) is 10.6 Å². The number of carbonyl (C=O) groups excluding carboxylic acids is 5. The second-order valence-electron chi connectivity index (χ2n) is 11.1. The van der Waals surface area contributed by atoms with Crippen molar-refractivity contribution in [2.24, 2.45) is 0 Å². The summed E-state index contributed by atoms with van der Waals surface area (Å²) in [5, 5.41) is 8.29. The van der Waals surface area contributed by atoms with E-state index in [0.717, 1.165) is 0 Å². The highest BCUT2D eigenvalue weighted by Gasteiger charge is 2.32. The minimum absolute atomic E-state index is 0.0174. The van der Waals surface area contributed by atoms with Gasteiger partial charge in [0.05, 0.1) is 16.5 Å². The smallest absolute Gasteiger partial charge is 0.272 e. The third-order valence-corrected chi connectivity index (χ3v) is 9.04. The molecule has 0 radical (unpaired) electrons. The molecule has 0 saturated carbocycles. The third-order valence-electron chi connectivity index (χ3n) is 7.69. The maximum atomic E-state index is 13.5. The summed E-state index contributed by atoms with van der Waals surface area (Å²) in [6.07, 6.45) is 1.55. The van der Waals surface area contributed by atoms with Crippen LogP contribution in [-0.4, -0.2) is 34.5 Å². The van der Waals surface area contributed by atoms with Gasteiger partial charge >= 0.3 is 0 Å². The number of benzene rings is 5. The largest absolute Gasteiger partial charge is 0.324 e. The van der Waals surface area contributed by atoms with Crippen molar-refractivity contribution in [1.29, 1.82) is 0 Å². The average Bonchev–Trinajstić information content (AvgIpc) is 3.11. The summed E-state index contributed by atoms with van der Waals surface area (Å²) < 4.78 is 0. The van der Waals surface area contributed by atoms with Crippen LogP contribution >= 0.6 is 23.4 Å². The Morgan fingerprint density at radius 2 is 1.37 bits per heavy atom. The molecule has 8 nitrogen and oxygen atoms in total. The lowest BCUT2D eigenvalue weighted by molar-refractivity contribution is -0.115. The third kappa shape index (κ3) is 7.54. The molecule has 1 aliphatic carbocycles. The van der Waals surface area contributed by atoms with Gasteiger partial charge in [0.15, 0.2) is 11.6 Å². The Morgan fingerprint density at radius 3 is 2.10 bits per heavy atom. The molecule has 0 spiro atoms. The van der Waals surface area contributed by atoms with Crippen molar-refractivity contribution in [3.8, 4) is 0 Å². The Labute approximate surface area is 291 Å². The van der Waals surface area contributed by atoms with Crippen LogP contribution in [-0.2, 0) is 9.59 Å². The predicted octanol–water partition coefficient (Wildman–Crippen LogP) is 7.64. The molecule has 1 unspecified atom stereocenters. The van der Waals surface area contributed by atoms with E-state index in [0.29, 0.717) is 37.9 Å². The normalized spacial score (nSPS) is 12.7. The van der Waals surface area contributed by atoms with Gasteiger partial charge in [-0.2, -0.15) is 0 Å². The fraction of sp³-hybridized carbons (Fsp3) is 0.0513. The van der Waals surface area contributed by atoms with E-state index in [2.05, 4.69) is 16.0 Å². The van der Waals surface area contributed by atoms with Crippen molar-refractivity contribution in [1.82, 2.24) is 5.32 Å². The fourth-order valence-corrected chi connectivity index (χ4v) is 6.31. The first-order chi connectivity index (χ1) is 23.7. The molecule has 242 valence electrons. The number of ketones is 2. The fourth-order valence-electron chi connectivity index (χ4n) is 5.25. The molecule has 0 fully saturated rings. The van der Waals surface area contributed by atoms with Crippen LogP contribution in [0.1, 0.15) is 54.7 Å². The second-order valence-corrected chi connectivity index (χ2v) is 12.9. The summed E-state index contributed by atoms with van der Waals surface area (Å²) in [7, 11) is 0. The quantitative estimate of drug-likeness (QED) is 0.106. The molecule has 0 saturated heterocycles. The van der Waals surface area contributed by atoms with Gasteiger partial charge in [-0.15, -0.1) is 11.8 Å². The number of halogens is 1. The number of nitrogens with one attached hydrogen (secondary N) is 3. The van der Waals surface area contributed by atoms with Gasteiger partial charge in [-0.25, -0.2) is 0 Å². The summed E-state index contributed by atoms with van der Waals surface area (Å²) in [6.45, 7) is 1.72. The van der Waals surface area contributed by atoms with Crippen molar-refractivity contribution < 1.29 is 24.0 Å². The molecule has 0 aromatic heterocycles. The molecular weight excluding hydrogens is 658 g/mol. The van der Waals surface area contributed by atoms with Gasteiger partial charge in [0.2, 0.25) is 5.91 Å². The number of hydrogen-bond donors (Lipinski definition) is 3. The van der Waals surface area contributed by atoms with Crippen LogP contribution in [0.15, 0.2) is 132 Å². The molecule has 1 atom stereocenters. The zero-order chi connectivity index (χ0) is 34.5. The maximum Gasteiger partial charge on any atom is 0.272 e. The summed E-state index contributed by atoms with van der Waals surface area (Å²) in [4.78, 5) is 67.0. The van der Waals surface area contributed by atoms with E-state index in [1.807, 2.05) is 0 Å². The van der Waals surface area contributed by atoms with E-state index in [9.17, 15) is 24.0 Å². The predicted molar refractivity (Wildman–Crippen MR) is 192 cm³/mol. The monoisotopic (exact) mass is 685 g/mol. The molecule has 0 heterocycles. The highest BCUT2D eigenvalue weighted by atomic mass is 35.5. The zero-order valence-electron chi connectivity index (χ0n) is 26.0. The van der Waals surface area contributed by atoms with E-state index >= 15 is 0 Å². The number of carbonyl (C=O) groups is 5. The Balaban J connectivity index is 1.16. The highest BCUT2D eigenvalue weighted by molar-refractivity contribution is 8.00. The molecular formula is C39H28ClN3O5S. The lowest BCUT2D eigenvalue weighted by Crippen LogP contribution is -2.30. The summed E-state index contributed by atoms with van der Waals surface area (Å²) in [5.41, 5.74) is 2.82. The van der Waals surface area contributed by atoms with Crippen molar-refractivity contribution in [2.45, 2.75) is 17.1 Å². The lowest BCUT2D eigenvalue weighted by Gasteiger charge is -2.21. The molecule has 3 N–H and O–H groups in total. The summed E-state index contributed by atoms with van der Waals surface area (Å²) >= 11 is 7.27. The number of hydrogen-bond acceptors (Lipinski definition) is 6. The van der Waals surface area contributed by atoms with Gasteiger partial charge < -0.3 is 16.0 Å². The van der Waals surface area contributed by atoms with E-state index in [1.54, 1.807) is 134 Å². The van der Waals surface area contributed by atoms with Crippen LogP contribution in [0.4, 0.5) is 11.4 Å². The minimum Gasteiger partial charge on any atom is -0.324 e. The molecule has 0 bridgehead atoms. The lowest BCUT2D eigenvalue weighted by atomic mass is 9.83. The Kier molecular flexibility index (Phi) is 9.84. The van der Waals surface area contributed by atoms with E-state index in [4.69, 9.17) is 11.6 Å². The first-order valence-corrected chi connectivity index (χ1v) is 16.5. The number of fused-ring (bicyclic) bond motifs is 2. The Morgan fingerprint density at radius 1 is 0.714 bits per heavy atom. The number of thioether (sulfide) groups is 1. The van der Waals surface area contributed by atoms with Crippen molar-refractivity contribution in [3.63, 3.8) is 0 Å². The van der Waals surface area contributed by atoms with Crippen molar-refractivity contribution >= 4 is 70.1 Å². The molecule has 5 aromatic rings. The molecule has 5 aromatic carbocycles. The topological polar surface area (TPSA) is 121 Å². The average molecular weight is 686 g/mol. The van der Waals surface area contributed by atoms with Gasteiger partial charge in [-0.05, 0) is 67.1 Å². The molecule has 10 heteroatoms.